The van der Waals surface area contributed by atoms with Crippen LogP contribution in [-0.2, 0) is 4.79 Å². The van der Waals surface area contributed by atoms with E-state index in [1.807, 2.05) is 0 Å². The van der Waals surface area contributed by atoms with Crippen LogP contribution in [0.4, 0.5) is 0 Å². The van der Waals surface area contributed by atoms with Gasteiger partial charge < -0.3 is 14.6 Å². The second-order valence-corrected chi connectivity index (χ2v) is 13.0. The molecule has 1 saturated carbocycles. The van der Waals surface area contributed by atoms with Gasteiger partial charge >= 0.3 is 0 Å². The van der Waals surface area contributed by atoms with Crippen LogP contribution >= 0.6 is 0 Å². The second-order valence-electron chi connectivity index (χ2n) is 13.0. The Balaban J connectivity index is 2.16. The minimum atomic E-state index is 0.348. The van der Waals surface area contributed by atoms with Gasteiger partial charge in [-0.15, -0.1) is 0 Å². The van der Waals surface area contributed by atoms with E-state index in [9.17, 15) is 4.79 Å². The molecule has 0 amide bonds. The Labute approximate surface area is 245 Å². The van der Waals surface area contributed by atoms with Crippen molar-refractivity contribution in [2.45, 2.75) is 181 Å². The number of unbranched alkanes of at least 4 members (excludes halogenated alkanes) is 13. The predicted octanol–water partition coefficient (Wildman–Crippen LogP) is 10.7. The van der Waals surface area contributed by atoms with Crippen molar-refractivity contribution >= 4 is 5.78 Å². The zero-order chi connectivity index (χ0) is 28.6. The molecule has 0 heterocycles. The largest absolute Gasteiger partial charge is 0.375 e. The molecule has 0 aliphatic heterocycles. The number of hydrogen-bond donors (Lipinski definition) is 0. The Bertz CT molecular complexity index is 581. The van der Waals surface area contributed by atoms with Crippen molar-refractivity contribution in [1.29, 1.82) is 0 Å². The van der Waals surface area contributed by atoms with E-state index in [1.54, 1.807) is 6.92 Å². The summed E-state index contributed by atoms with van der Waals surface area (Å²) in [5, 5.41) is 0. The number of rotatable bonds is 27. The smallest absolute Gasteiger partial charge is 0.129 e. The first-order valence-corrected chi connectivity index (χ1v) is 17.6. The van der Waals surface area contributed by atoms with Crippen molar-refractivity contribution in [3.8, 4) is 0 Å². The van der Waals surface area contributed by atoms with Crippen molar-refractivity contribution < 1.29 is 4.79 Å². The van der Waals surface area contributed by atoms with E-state index in [0.717, 1.165) is 24.8 Å². The highest BCUT2D eigenvalue weighted by atomic mass is 16.1. The number of nitrogens with zero attached hydrogens (tertiary/aromatic N) is 2. The highest BCUT2D eigenvalue weighted by Gasteiger charge is 2.23. The van der Waals surface area contributed by atoms with Gasteiger partial charge in [-0.1, -0.05) is 98.0 Å². The van der Waals surface area contributed by atoms with Gasteiger partial charge in [-0.3, -0.25) is 0 Å². The fraction of sp³-hybridized carbons (Fsp3) is 0.917. The maximum absolute atomic E-state index is 11.1. The first-order chi connectivity index (χ1) is 19.0. The molecule has 1 aliphatic carbocycles. The summed E-state index contributed by atoms with van der Waals surface area (Å²) >= 11 is 0. The van der Waals surface area contributed by atoms with Crippen LogP contribution < -0.4 is 0 Å². The molecule has 0 atom stereocenters. The van der Waals surface area contributed by atoms with E-state index in [0.29, 0.717) is 5.78 Å². The highest BCUT2D eigenvalue weighted by molar-refractivity contribution is 5.75. The second kappa shape index (κ2) is 24.9. The number of carbonyl (C=O) groups excluding carboxylic acids is 1. The Kier molecular flexibility index (Phi) is 23.1. The van der Waals surface area contributed by atoms with Gasteiger partial charge in [0.2, 0.25) is 0 Å². The van der Waals surface area contributed by atoms with Crippen molar-refractivity contribution in [2.75, 3.05) is 26.2 Å². The Morgan fingerprint density at radius 3 is 1.59 bits per heavy atom. The molecule has 3 nitrogen and oxygen atoms in total. The SMILES string of the molecule is C=C(CCCCCCCCCN(CCCCCCCCCC(C)=O)C1CCC(C)CC1)N(CCC)CCCC. The number of ketones is 1. The molecule has 0 spiro atoms. The summed E-state index contributed by atoms with van der Waals surface area (Å²) in [6, 6.07) is 0.852. The number of carbonyl (C=O) groups is 1. The Hall–Kier alpha value is -0.830. The molecular formula is C36H70N2O. The molecule has 0 aromatic heterocycles. The van der Waals surface area contributed by atoms with E-state index in [-0.39, 0.29) is 0 Å². The maximum Gasteiger partial charge on any atom is 0.129 e. The molecule has 0 radical (unpaired) electrons. The summed E-state index contributed by atoms with van der Waals surface area (Å²) in [5.41, 5.74) is 1.38. The summed E-state index contributed by atoms with van der Waals surface area (Å²) < 4.78 is 0. The molecule has 0 bridgehead atoms. The minimum absolute atomic E-state index is 0.348. The van der Waals surface area contributed by atoms with Gasteiger partial charge in [0.1, 0.15) is 5.78 Å². The third-order valence-electron chi connectivity index (χ3n) is 9.11. The lowest BCUT2D eigenvalue weighted by atomic mass is 9.86. The van der Waals surface area contributed by atoms with Crippen molar-refractivity contribution in [1.82, 2.24) is 9.80 Å². The topological polar surface area (TPSA) is 23.6 Å². The van der Waals surface area contributed by atoms with Gasteiger partial charge in [0, 0.05) is 31.2 Å². The molecule has 230 valence electrons. The first kappa shape index (κ1) is 36.2. The summed E-state index contributed by atoms with van der Waals surface area (Å²) in [4.78, 5) is 16.5. The zero-order valence-corrected chi connectivity index (χ0v) is 27.3. The van der Waals surface area contributed by atoms with Crippen molar-refractivity contribution in [3.05, 3.63) is 12.3 Å². The molecule has 0 unspecified atom stereocenters. The zero-order valence-electron chi connectivity index (χ0n) is 27.3. The molecule has 0 aromatic rings. The van der Waals surface area contributed by atoms with Gasteiger partial charge in [-0.05, 0) is 96.6 Å². The summed E-state index contributed by atoms with van der Waals surface area (Å²) in [5.74, 6) is 1.29. The van der Waals surface area contributed by atoms with Gasteiger partial charge in [0.05, 0.1) is 0 Å². The molecule has 0 saturated heterocycles. The molecule has 0 aromatic carbocycles. The molecule has 1 aliphatic rings. The Morgan fingerprint density at radius 1 is 0.615 bits per heavy atom. The standard InChI is InChI=1S/C36H70N2O/c1-6-8-30-37(29-7-2)34(4)23-19-15-11-9-13-17-21-31-38(36-27-25-33(3)26-28-36)32-22-18-14-10-12-16-20-24-35(5)39/h33,36H,4,6-32H2,1-3,5H3. The van der Waals surface area contributed by atoms with Crippen molar-refractivity contribution in [3.63, 3.8) is 0 Å². The third kappa shape index (κ3) is 19.8. The van der Waals surface area contributed by atoms with E-state index < -0.39 is 0 Å². The van der Waals surface area contributed by atoms with E-state index in [2.05, 4.69) is 37.1 Å². The summed E-state index contributed by atoms with van der Waals surface area (Å²) in [6.07, 6.45) is 30.3. The third-order valence-corrected chi connectivity index (χ3v) is 9.11. The number of allylic oxidation sites excluding steroid dienone is 1. The van der Waals surface area contributed by atoms with E-state index >= 15 is 0 Å². The summed E-state index contributed by atoms with van der Waals surface area (Å²) in [6.45, 7) is 18.2. The van der Waals surface area contributed by atoms with Gasteiger partial charge in [-0.25, -0.2) is 0 Å². The van der Waals surface area contributed by atoms with Gasteiger partial charge in [-0.2, -0.15) is 0 Å². The fourth-order valence-corrected chi connectivity index (χ4v) is 6.39. The van der Waals surface area contributed by atoms with Crippen LogP contribution in [0, 0.1) is 5.92 Å². The average molecular weight is 547 g/mol. The van der Waals surface area contributed by atoms with Crippen LogP contribution in [0.5, 0.6) is 0 Å². The molecule has 1 fully saturated rings. The van der Waals surface area contributed by atoms with Gasteiger partial charge in [0.25, 0.3) is 0 Å². The molecule has 3 heteroatoms. The molecular weight excluding hydrogens is 476 g/mol. The van der Waals surface area contributed by atoms with E-state index in [1.165, 1.54) is 167 Å². The normalized spacial score (nSPS) is 17.6. The number of Topliss-reactive ketones (excluding diaryl/α,β-unsaturated/α-hetero) is 1. The lowest BCUT2D eigenvalue weighted by Crippen LogP contribution is -2.39. The van der Waals surface area contributed by atoms with Gasteiger partial charge in [0.15, 0.2) is 0 Å². The quantitative estimate of drug-likeness (QED) is 0.0957. The highest BCUT2D eigenvalue weighted by Crippen LogP contribution is 2.28. The summed E-state index contributed by atoms with van der Waals surface area (Å²) in [7, 11) is 0. The lowest BCUT2D eigenvalue weighted by molar-refractivity contribution is -0.117. The molecule has 0 N–H and O–H groups in total. The van der Waals surface area contributed by atoms with Crippen LogP contribution in [0.1, 0.15) is 175 Å². The lowest BCUT2D eigenvalue weighted by Gasteiger charge is -2.36. The molecule has 39 heavy (non-hydrogen) atoms. The predicted molar refractivity (Wildman–Crippen MR) is 173 cm³/mol. The minimum Gasteiger partial charge on any atom is -0.375 e. The van der Waals surface area contributed by atoms with Crippen molar-refractivity contribution in [2.24, 2.45) is 5.92 Å². The molecule has 1 rings (SSSR count). The van der Waals surface area contributed by atoms with E-state index in [4.69, 9.17) is 0 Å². The van der Waals surface area contributed by atoms with Crippen LogP contribution in [0.3, 0.4) is 0 Å². The Morgan fingerprint density at radius 2 is 1.10 bits per heavy atom. The van der Waals surface area contributed by atoms with Crippen LogP contribution in [-0.4, -0.2) is 47.8 Å². The maximum atomic E-state index is 11.1. The first-order valence-electron chi connectivity index (χ1n) is 17.6. The van der Waals surface area contributed by atoms with Crippen LogP contribution in [0.25, 0.3) is 0 Å². The fourth-order valence-electron chi connectivity index (χ4n) is 6.39. The monoisotopic (exact) mass is 547 g/mol. The average Bonchev–Trinajstić information content (AvgIpc) is 2.92. The van der Waals surface area contributed by atoms with Crippen LogP contribution in [0.15, 0.2) is 12.3 Å². The van der Waals surface area contributed by atoms with Crippen LogP contribution in [0.2, 0.25) is 0 Å². The number of hydrogen-bond acceptors (Lipinski definition) is 3.